The highest BCUT2D eigenvalue weighted by Gasteiger charge is 2.47. The molecular formula is C12H14BrNO5. The lowest BCUT2D eigenvalue weighted by Crippen LogP contribution is -2.71. The third-order valence-electron chi connectivity index (χ3n) is 2.87. The molecule has 6 nitrogen and oxygen atoms in total. The standard InChI is InChI=1S/C12H14BrNO5/c1-12(10(15)18-2,11(16)19-3)8-5-4-7(13)6-9(8)14-17/h4-6H,14H2,1-3H3. The Labute approximate surface area is 118 Å². The van der Waals surface area contributed by atoms with E-state index >= 15 is 0 Å². The number of carbonyl (C=O) groups is 2. The summed E-state index contributed by atoms with van der Waals surface area (Å²) in [4.78, 5) is 23.9. The monoisotopic (exact) mass is 331 g/mol. The molecule has 0 heterocycles. The fraction of sp³-hybridized carbons (Fsp3) is 0.333. The normalized spacial score (nSPS) is 11.0. The molecule has 0 aliphatic carbocycles. The second-order valence-electron chi connectivity index (χ2n) is 3.96. The molecule has 1 rings (SSSR count). The maximum atomic E-state index is 11.9. The van der Waals surface area contributed by atoms with Crippen molar-refractivity contribution in [3.8, 4) is 0 Å². The molecule has 1 aromatic carbocycles. The fourth-order valence-corrected chi connectivity index (χ4v) is 2.18. The van der Waals surface area contributed by atoms with E-state index in [2.05, 4.69) is 25.4 Å². The molecule has 0 fully saturated rings. The number of ether oxygens (including phenoxy) is 2. The molecule has 0 radical (unpaired) electrons. The maximum Gasteiger partial charge on any atom is 0.327 e. The first kappa shape index (κ1) is 15.6. The lowest BCUT2D eigenvalue weighted by atomic mass is 9.81. The van der Waals surface area contributed by atoms with Gasteiger partial charge in [-0.25, -0.2) is 0 Å². The predicted molar refractivity (Wildman–Crippen MR) is 70.5 cm³/mol. The summed E-state index contributed by atoms with van der Waals surface area (Å²) in [6.45, 7) is 1.36. The van der Waals surface area contributed by atoms with Gasteiger partial charge in [-0.15, -0.1) is 0 Å². The van der Waals surface area contributed by atoms with E-state index in [1.165, 1.54) is 33.3 Å². The van der Waals surface area contributed by atoms with Crippen molar-refractivity contribution in [3.05, 3.63) is 33.4 Å². The Balaban J connectivity index is 3.50. The molecule has 19 heavy (non-hydrogen) atoms. The summed E-state index contributed by atoms with van der Waals surface area (Å²) in [7, 11) is 2.34. The van der Waals surface area contributed by atoms with Gasteiger partial charge in [-0.1, -0.05) is 22.0 Å². The molecular weight excluding hydrogens is 318 g/mol. The zero-order valence-electron chi connectivity index (χ0n) is 10.7. The van der Waals surface area contributed by atoms with E-state index < -0.39 is 17.4 Å². The summed E-state index contributed by atoms with van der Waals surface area (Å²) in [6.07, 6.45) is 0. The number of esters is 2. The van der Waals surface area contributed by atoms with E-state index in [-0.39, 0.29) is 11.3 Å². The number of hydrogen-bond donors (Lipinski definition) is 1. The van der Waals surface area contributed by atoms with Crippen LogP contribution in [-0.2, 0) is 24.5 Å². The molecule has 0 spiro atoms. The van der Waals surface area contributed by atoms with Gasteiger partial charge in [0.15, 0.2) is 5.41 Å². The van der Waals surface area contributed by atoms with E-state index in [4.69, 9.17) is 0 Å². The molecule has 0 aliphatic heterocycles. The van der Waals surface area contributed by atoms with E-state index in [0.717, 1.165) is 0 Å². The number of benzene rings is 1. The van der Waals surface area contributed by atoms with Crippen molar-refractivity contribution in [3.63, 3.8) is 0 Å². The average Bonchev–Trinajstić information content (AvgIpc) is 2.44. The number of quaternary nitrogens is 1. The lowest BCUT2D eigenvalue weighted by Gasteiger charge is -2.25. The van der Waals surface area contributed by atoms with Gasteiger partial charge in [0.25, 0.3) is 0 Å². The summed E-state index contributed by atoms with van der Waals surface area (Å²) in [5.74, 6) is -1.57. The van der Waals surface area contributed by atoms with Crippen molar-refractivity contribution in [1.29, 1.82) is 0 Å². The quantitative estimate of drug-likeness (QED) is 0.380. The Morgan fingerprint density at radius 3 is 2.21 bits per heavy atom. The van der Waals surface area contributed by atoms with Gasteiger partial charge in [0.2, 0.25) is 0 Å². The number of nitrogens with two attached hydrogens (primary N) is 1. The number of methoxy groups -OCH3 is 2. The van der Waals surface area contributed by atoms with Crippen LogP contribution in [0.2, 0.25) is 0 Å². The molecule has 2 N–H and O–H groups in total. The minimum Gasteiger partial charge on any atom is -0.630 e. The first-order valence-electron chi connectivity index (χ1n) is 5.33. The third-order valence-corrected chi connectivity index (χ3v) is 3.36. The van der Waals surface area contributed by atoms with Gasteiger partial charge in [-0.05, 0) is 13.0 Å². The van der Waals surface area contributed by atoms with Gasteiger partial charge in [0.1, 0.15) is 5.69 Å². The summed E-state index contributed by atoms with van der Waals surface area (Å²) >= 11 is 3.22. The first-order chi connectivity index (χ1) is 8.91. The van der Waals surface area contributed by atoms with Crippen LogP contribution < -0.4 is 5.48 Å². The van der Waals surface area contributed by atoms with E-state index in [1.807, 2.05) is 0 Å². The molecule has 0 saturated carbocycles. The van der Waals surface area contributed by atoms with Crippen molar-refractivity contribution in [2.24, 2.45) is 0 Å². The van der Waals surface area contributed by atoms with Crippen molar-refractivity contribution >= 4 is 33.6 Å². The minimum absolute atomic E-state index is 0.215. The molecule has 0 unspecified atom stereocenters. The Hall–Kier alpha value is -1.44. The van der Waals surface area contributed by atoms with Gasteiger partial charge in [-0.2, -0.15) is 0 Å². The topological polar surface area (TPSA) is 92.3 Å². The van der Waals surface area contributed by atoms with Crippen molar-refractivity contribution in [2.45, 2.75) is 12.3 Å². The van der Waals surface area contributed by atoms with Gasteiger partial charge in [0, 0.05) is 16.1 Å². The fourth-order valence-electron chi connectivity index (χ4n) is 1.80. The SMILES string of the molecule is COC(=O)C(C)(C(=O)OC)c1ccc(Br)cc1[NH2+][O-]. The van der Waals surface area contributed by atoms with Crippen molar-refractivity contribution in [2.75, 3.05) is 14.2 Å². The zero-order chi connectivity index (χ0) is 14.6. The molecule has 0 aliphatic rings. The van der Waals surface area contributed by atoms with Crippen LogP contribution in [0.25, 0.3) is 0 Å². The van der Waals surface area contributed by atoms with E-state index in [1.54, 1.807) is 6.07 Å². The van der Waals surface area contributed by atoms with Crippen LogP contribution in [0.15, 0.2) is 22.7 Å². The van der Waals surface area contributed by atoms with E-state index in [0.29, 0.717) is 9.95 Å². The number of halogens is 1. The molecule has 1 aromatic rings. The van der Waals surface area contributed by atoms with Gasteiger partial charge >= 0.3 is 11.9 Å². The summed E-state index contributed by atoms with van der Waals surface area (Å²) in [5, 5.41) is 11.1. The summed E-state index contributed by atoms with van der Waals surface area (Å²) in [5.41, 5.74) is -0.651. The highest BCUT2D eigenvalue weighted by Crippen LogP contribution is 2.32. The second-order valence-corrected chi connectivity index (χ2v) is 4.87. The van der Waals surface area contributed by atoms with Crippen LogP contribution in [0.3, 0.4) is 0 Å². The summed E-state index contributed by atoms with van der Waals surface area (Å²) in [6, 6.07) is 4.67. The maximum absolute atomic E-state index is 11.9. The molecule has 0 bridgehead atoms. The molecule has 0 amide bonds. The average molecular weight is 332 g/mol. The zero-order valence-corrected chi connectivity index (χ0v) is 12.3. The smallest absolute Gasteiger partial charge is 0.327 e. The van der Waals surface area contributed by atoms with E-state index in [9.17, 15) is 14.8 Å². The van der Waals surface area contributed by atoms with Gasteiger partial charge in [0.05, 0.1) is 14.2 Å². The van der Waals surface area contributed by atoms with Crippen LogP contribution in [0, 0.1) is 5.21 Å². The van der Waals surface area contributed by atoms with Crippen molar-refractivity contribution < 1.29 is 24.5 Å². The number of hydrogen-bond acceptors (Lipinski definition) is 5. The van der Waals surface area contributed by atoms with Crippen molar-refractivity contribution in [1.82, 2.24) is 0 Å². The van der Waals surface area contributed by atoms with Gasteiger partial charge < -0.3 is 20.2 Å². The molecule has 0 atom stereocenters. The van der Waals surface area contributed by atoms with Crippen LogP contribution in [0.4, 0.5) is 5.69 Å². The highest BCUT2D eigenvalue weighted by molar-refractivity contribution is 9.10. The van der Waals surface area contributed by atoms with Crippen LogP contribution in [0.1, 0.15) is 12.5 Å². The van der Waals surface area contributed by atoms with Crippen LogP contribution in [-0.4, -0.2) is 26.2 Å². The molecule has 104 valence electrons. The number of rotatable bonds is 4. The minimum atomic E-state index is -1.68. The van der Waals surface area contributed by atoms with Gasteiger partial charge in [-0.3, -0.25) is 9.59 Å². The van der Waals surface area contributed by atoms with Crippen LogP contribution >= 0.6 is 15.9 Å². The number of carbonyl (C=O) groups excluding carboxylic acids is 2. The molecule has 7 heteroatoms. The molecule has 0 saturated heterocycles. The largest absolute Gasteiger partial charge is 0.630 e. The first-order valence-corrected chi connectivity index (χ1v) is 6.13. The van der Waals surface area contributed by atoms with Crippen LogP contribution in [0.5, 0.6) is 0 Å². The third kappa shape index (κ3) is 2.78. The molecule has 0 aromatic heterocycles. The highest BCUT2D eigenvalue weighted by atomic mass is 79.9. The Morgan fingerprint density at radius 2 is 1.79 bits per heavy atom. The Morgan fingerprint density at radius 1 is 1.26 bits per heavy atom. The predicted octanol–water partition coefficient (Wildman–Crippen LogP) is 0.746. The summed E-state index contributed by atoms with van der Waals surface area (Å²) < 4.78 is 9.97. The Kier molecular flexibility index (Phi) is 5.04. The lowest BCUT2D eigenvalue weighted by molar-refractivity contribution is -0.498. The second kappa shape index (κ2) is 6.14. The Bertz CT molecular complexity index is 487.